The van der Waals surface area contributed by atoms with Crippen LogP contribution >= 0.6 is 0 Å². The highest BCUT2D eigenvalue weighted by Crippen LogP contribution is 2.43. The predicted molar refractivity (Wildman–Crippen MR) is 238 cm³/mol. The van der Waals surface area contributed by atoms with Gasteiger partial charge in [-0.1, -0.05) is 152 Å². The number of rotatable bonds is 5. The Morgan fingerprint density at radius 2 is 0.862 bits per heavy atom. The van der Waals surface area contributed by atoms with E-state index in [0.29, 0.717) is 17.5 Å². The molecule has 0 saturated heterocycles. The van der Waals surface area contributed by atoms with Gasteiger partial charge in [0.1, 0.15) is 11.2 Å². The van der Waals surface area contributed by atoms with Crippen molar-refractivity contribution in [2.75, 3.05) is 0 Å². The van der Waals surface area contributed by atoms with Crippen LogP contribution in [0.2, 0.25) is 0 Å². The number of nitrogens with zero attached hydrogens (tertiary/aromatic N) is 4. The predicted octanol–water partition coefficient (Wildman–Crippen LogP) is 13.8. The van der Waals surface area contributed by atoms with Crippen LogP contribution in [0.4, 0.5) is 0 Å². The molecule has 0 radical (unpaired) electrons. The Labute approximate surface area is 333 Å². The van der Waals surface area contributed by atoms with E-state index in [1.54, 1.807) is 0 Å². The Balaban J connectivity index is 1.13. The molecule has 0 aliphatic rings. The van der Waals surface area contributed by atoms with Crippen LogP contribution in [0.5, 0.6) is 0 Å². The van der Waals surface area contributed by atoms with Gasteiger partial charge in [-0.05, 0) is 69.1 Å². The topological polar surface area (TPSA) is 56.7 Å². The van der Waals surface area contributed by atoms with Gasteiger partial charge in [-0.3, -0.25) is 0 Å². The van der Waals surface area contributed by atoms with Gasteiger partial charge in [0.25, 0.3) is 0 Å². The monoisotopic (exact) mass is 740 g/mol. The number of fused-ring (bicyclic) bond motifs is 10. The van der Waals surface area contributed by atoms with Crippen LogP contribution in [-0.4, -0.2) is 19.5 Å². The van der Waals surface area contributed by atoms with Gasteiger partial charge >= 0.3 is 0 Å². The number of aromatic nitrogens is 4. The van der Waals surface area contributed by atoms with Crippen LogP contribution in [0.1, 0.15) is 0 Å². The first-order valence-corrected chi connectivity index (χ1v) is 19.5. The molecule has 5 heteroatoms. The van der Waals surface area contributed by atoms with Crippen molar-refractivity contribution in [3.8, 4) is 51.0 Å². The van der Waals surface area contributed by atoms with E-state index in [9.17, 15) is 0 Å². The lowest BCUT2D eigenvalue weighted by molar-refractivity contribution is 0.669. The zero-order valence-electron chi connectivity index (χ0n) is 31.2. The van der Waals surface area contributed by atoms with Crippen molar-refractivity contribution in [1.82, 2.24) is 19.5 Å². The smallest absolute Gasteiger partial charge is 0.164 e. The molecule has 0 amide bonds. The lowest BCUT2D eigenvalue weighted by Crippen LogP contribution is -2.00. The van der Waals surface area contributed by atoms with Crippen LogP contribution < -0.4 is 0 Å². The van der Waals surface area contributed by atoms with Crippen LogP contribution in [0, 0.1) is 0 Å². The first-order chi connectivity index (χ1) is 28.7. The van der Waals surface area contributed by atoms with Crippen molar-refractivity contribution in [2.24, 2.45) is 0 Å². The molecular formula is C53H32N4O. The van der Waals surface area contributed by atoms with Crippen molar-refractivity contribution in [1.29, 1.82) is 0 Å². The average molecular weight is 741 g/mol. The average Bonchev–Trinajstić information content (AvgIpc) is 3.85. The fourth-order valence-corrected chi connectivity index (χ4v) is 8.76. The molecule has 3 aromatic heterocycles. The molecule has 0 saturated carbocycles. The molecule has 58 heavy (non-hydrogen) atoms. The minimum Gasteiger partial charge on any atom is -0.456 e. The normalized spacial score (nSPS) is 11.8. The molecule has 0 spiro atoms. The molecule has 3 heterocycles. The summed E-state index contributed by atoms with van der Waals surface area (Å²) in [5.74, 6) is 1.82. The van der Waals surface area contributed by atoms with Crippen molar-refractivity contribution in [2.45, 2.75) is 0 Å². The molecule has 12 rings (SSSR count). The Bertz CT molecular complexity index is 3400. The summed E-state index contributed by atoms with van der Waals surface area (Å²) in [5.41, 5.74) is 9.72. The van der Waals surface area contributed by atoms with E-state index in [1.807, 2.05) is 66.7 Å². The molecule has 0 atom stereocenters. The van der Waals surface area contributed by atoms with Gasteiger partial charge in [0.15, 0.2) is 17.5 Å². The molecule has 0 aliphatic carbocycles. The van der Waals surface area contributed by atoms with E-state index >= 15 is 0 Å². The van der Waals surface area contributed by atoms with E-state index in [4.69, 9.17) is 19.4 Å². The number of hydrogen-bond acceptors (Lipinski definition) is 4. The molecule has 0 unspecified atom stereocenters. The maximum atomic E-state index is 6.93. The summed E-state index contributed by atoms with van der Waals surface area (Å²) in [6.07, 6.45) is 0. The van der Waals surface area contributed by atoms with Gasteiger partial charge in [-0.15, -0.1) is 0 Å². The second kappa shape index (κ2) is 12.8. The molecule has 12 aromatic rings. The van der Waals surface area contributed by atoms with Gasteiger partial charge in [0.05, 0.1) is 11.0 Å². The maximum Gasteiger partial charge on any atom is 0.164 e. The second-order valence-electron chi connectivity index (χ2n) is 14.8. The number of benzene rings is 9. The number of hydrogen-bond donors (Lipinski definition) is 0. The highest BCUT2D eigenvalue weighted by atomic mass is 16.3. The zero-order chi connectivity index (χ0) is 38.2. The Hall–Kier alpha value is -7.89. The van der Waals surface area contributed by atoms with Gasteiger partial charge in [0.2, 0.25) is 0 Å². The third kappa shape index (κ3) is 5.07. The molecule has 9 aromatic carbocycles. The minimum atomic E-state index is 0.586. The van der Waals surface area contributed by atoms with Crippen molar-refractivity contribution in [3.05, 3.63) is 194 Å². The second-order valence-corrected chi connectivity index (χ2v) is 14.8. The van der Waals surface area contributed by atoms with E-state index in [0.717, 1.165) is 66.5 Å². The van der Waals surface area contributed by atoms with Gasteiger partial charge in [-0.2, -0.15) is 0 Å². The molecule has 5 nitrogen and oxygen atoms in total. The SMILES string of the molecule is c1ccc(-c2cc(-c3nc(-c4ccccc4)nc(-c4ccccc4)n3)c3c(c2)oc2cc(-n4c5ccc6ccccc6c5c5c6ccccc6ccc54)ccc23)cc1. The number of furan rings is 1. The molecule has 0 N–H and O–H groups in total. The van der Waals surface area contributed by atoms with E-state index in [2.05, 4.69) is 132 Å². The molecular weight excluding hydrogens is 709 g/mol. The highest BCUT2D eigenvalue weighted by Gasteiger charge is 2.22. The van der Waals surface area contributed by atoms with Crippen LogP contribution in [0.3, 0.4) is 0 Å². The summed E-state index contributed by atoms with van der Waals surface area (Å²) in [6, 6.07) is 67.9. The Morgan fingerprint density at radius 1 is 0.345 bits per heavy atom. The van der Waals surface area contributed by atoms with Crippen LogP contribution in [0.25, 0.3) is 116 Å². The van der Waals surface area contributed by atoms with E-state index in [1.165, 1.54) is 32.3 Å². The Morgan fingerprint density at radius 3 is 1.45 bits per heavy atom. The zero-order valence-corrected chi connectivity index (χ0v) is 31.2. The molecule has 0 bridgehead atoms. The summed E-state index contributed by atoms with van der Waals surface area (Å²) in [7, 11) is 0. The lowest BCUT2D eigenvalue weighted by atomic mass is 9.98. The first kappa shape index (κ1) is 32.4. The molecule has 0 aliphatic heterocycles. The summed E-state index contributed by atoms with van der Waals surface area (Å²) < 4.78 is 9.31. The molecule has 270 valence electrons. The van der Waals surface area contributed by atoms with Crippen molar-refractivity contribution >= 4 is 65.3 Å². The third-order valence-corrected chi connectivity index (χ3v) is 11.4. The van der Waals surface area contributed by atoms with Crippen molar-refractivity contribution < 1.29 is 4.42 Å². The summed E-state index contributed by atoms with van der Waals surface area (Å²) in [6.45, 7) is 0. The standard InChI is InChI=1S/C53H32N4O/c1-4-14-33(15-5-1)38-30-43(53-55-51(36-18-6-2-7-19-36)54-52(56-53)37-20-8-3-9-21-37)48-42-27-26-39(32-46(42)58-47(48)31-38)57-44-28-24-34-16-10-12-22-40(34)49(44)50-41-23-13-11-17-35(41)25-29-45(50)57/h1-32H. The highest BCUT2D eigenvalue weighted by molar-refractivity contribution is 6.28. The fourth-order valence-electron chi connectivity index (χ4n) is 8.76. The van der Waals surface area contributed by atoms with E-state index in [-0.39, 0.29) is 0 Å². The fraction of sp³-hybridized carbons (Fsp3) is 0. The quantitative estimate of drug-likeness (QED) is 0.176. The maximum absolute atomic E-state index is 6.93. The van der Waals surface area contributed by atoms with E-state index < -0.39 is 0 Å². The van der Waals surface area contributed by atoms with Gasteiger partial charge in [0, 0.05) is 50.0 Å². The Kier molecular flexibility index (Phi) is 7.16. The summed E-state index contributed by atoms with van der Waals surface area (Å²) >= 11 is 0. The van der Waals surface area contributed by atoms with Crippen LogP contribution in [0.15, 0.2) is 199 Å². The summed E-state index contributed by atoms with van der Waals surface area (Å²) in [5, 5.41) is 9.39. The minimum absolute atomic E-state index is 0.586. The molecule has 0 fully saturated rings. The largest absolute Gasteiger partial charge is 0.456 e. The van der Waals surface area contributed by atoms with Gasteiger partial charge < -0.3 is 8.98 Å². The summed E-state index contributed by atoms with van der Waals surface area (Å²) in [4.78, 5) is 15.3. The van der Waals surface area contributed by atoms with Crippen molar-refractivity contribution in [3.63, 3.8) is 0 Å². The van der Waals surface area contributed by atoms with Gasteiger partial charge in [-0.25, -0.2) is 15.0 Å². The lowest BCUT2D eigenvalue weighted by Gasteiger charge is -2.11. The third-order valence-electron chi connectivity index (χ3n) is 11.4. The first-order valence-electron chi connectivity index (χ1n) is 19.5. The van der Waals surface area contributed by atoms with Crippen LogP contribution in [-0.2, 0) is 0 Å².